The van der Waals surface area contributed by atoms with Crippen molar-refractivity contribution in [2.24, 2.45) is 0 Å². The molecule has 3 rings (SSSR count). The molecule has 30 heavy (non-hydrogen) atoms. The molecule has 3 aromatic rings. The average molecular weight is 429 g/mol. The number of carbonyl (C=O) groups is 1. The molecule has 0 heterocycles. The lowest BCUT2D eigenvalue weighted by Gasteiger charge is -2.10. The minimum atomic E-state index is -3.91. The molecule has 0 radical (unpaired) electrons. The van der Waals surface area contributed by atoms with Gasteiger partial charge in [-0.15, -0.1) is 0 Å². The normalized spacial score (nSPS) is 11.0. The van der Waals surface area contributed by atoms with E-state index in [2.05, 4.69) is 10.0 Å². The Morgan fingerprint density at radius 2 is 1.57 bits per heavy atom. The van der Waals surface area contributed by atoms with Gasteiger partial charge < -0.3 is 5.32 Å². The number of hydrogen-bond acceptors (Lipinski definition) is 5. The third-order valence-electron chi connectivity index (χ3n) is 4.27. The number of nitrogens with one attached hydrogen (secondary N) is 2. The van der Waals surface area contributed by atoms with Crippen molar-refractivity contribution in [3.63, 3.8) is 0 Å². The maximum atomic E-state index is 13.0. The van der Waals surface area contributed by atoms with Gasteiger partial charge in [-0.25, -0.2) is 12.8 Å². The summed E-state index contributed by atoms with van der Waals surface area (Å²) in [6, 6.07) is 14.4. The zero-order valence-corrected chi connectivity index (χ0v) is 16.4. The third-order valence-corrected chi connectivity index (χ3v) is 5.66. The lowest BCUT2D eigenvalue weighted by atomic mass is 10.1. The Balaban J connectivity index is 1.76. The zero-order chi connectivity index (χ0) is 21.9. The van der Waals surface area contributed by atoms with E-state index >= 15 is 0 Å². The first kappa shape index (κ1) is 20.9. The Morgan fingerprint density at radius 1 is 0.967 bits per heavy atom. The summed E-state index contributed by atoms with van der Waals surface area (Å²) in [6.45, 7) is 1.48. The van der Waals surface area contributed by atoms with E-state index in [1.54, 1.807) is 0 Å². The summed E-state index contributed by atoms with van der Waals surface area (Å²) in [6.07, 6.45) is 0. The topological polar surface area (TPSA) is 118 Å². The number of sulfonamides is 1. The summed E-state index contributed by atoms with van der Waals surface area (Å²) < 4.78 is 40.1. The molecule has 2 N–H and O–H groups in total. The van der Waals surface area contributed by atoms with E-state index in [0.717, 1.165) is 12.1 Å². The van der Waals surface area contributed by atoms with Crippen molar-refractivity contribution in [2.45, 2.75) is 11.8 Å². The van der Waals surface area contributed by atoms with Crippen molar-refractivity contribution >= 4 is 33.0 Å². The summed E-state index contributed by atoms with van der Waals surface area (Å²) in [5, 5.41) is 13.6. The van der Waals surface area contributed by atoms with E-state index in [0.29, 0.717) is 5.69 Å². The van der Waals surface area contributed by atoms with E-state index in [1.165, 1.54) is 61.5 Å². The highest BCUT2D eigenvalue weighted by Gasteiger charge is 2.19. The number of benzene rings is 3. The molecule has 0 aliphatic heterocycles. The number of amides is 1. The second-order valence-electron chi connectivity index (χ2n) is 6.30. The second kappa shape index (κ2) is 8.29. The van der Waals surface area contributed by atoms with Crippen LogP contribution in [0.2, 0.25) is 0 Å². The van der Waals surface area contributed by atoms with E-state index in [-0.39, 0.29) is 27.4 Å². The van der Waals surface area contributed by atoms with E-state index < -0.39 is 26.7 Å². The van der Waals surface area contributed by atoms with Gasteiger partial charge in [-0.05, 0) is 61.5 Å². The molecule has 0 fully saturated rings. The number of hydrogen-bond donors (Lipinski definition) is 2. The number of rotatable bonds is 6. The van der Waals surface area contributed by atoms with Crippen LogP contribution < -0.4 is 10.0 Å². The maximum absolute atomic E-state index is 13.0. The van der Waals surface area contributed by atoms with E-state index in [4.69, 9.17) is 0 Å². The van der Waals surface area contributed by atoms with Crippen molar-refractivity contribution in [1.82, 2.24) is 0 Å². The number of anilines is 2. The van der Waals surface area contributed by atoms with Crippen LogP contribution in [0, 0.1) is 22.9 Å². The van der Waals surface area contributed by atoms with E-state index in [9.17, 15) is 27.7 Å². The first-order chi connectivity index (χ1) is 14.2. The highest BCUT2D eigenvalue weighted by atomic mass is 32.2. The van der Waals surface area contributed by atoms with Crippen LogP contribution in [0.4, 0.5) is 21.5 Å². The first-order valence-corrected chi connectivity index (χ1v) is 10.1. The lowest BCUT2D eigenvalue weighted by Crippen LogP contribution is -2.15. The minimum Gasteiger partial charge on any atom is -0.322 e. The maximum Gasteiger partial charge on any atom is 0.273 e. The molecule has 0 bridgehead atoms. The molecule has 0 saturated carbocycles. The molecule has 0 aromatic heterocycles. The fraction of sp³-hybridized carbons (Fsp3) is 0.0500. The molecule has 10 heteroatoms. The fourth-order valence-electron chi connectivity index (χ4n) is 2.72. The Labute approximate surface area is 171 Å². The predicted octanol–water partition coefficient (Wildman–Crippen LogP) is 4.10. The summed E-state index contributed by atoms with van der Waals surface area (Å²) in [7, 11) is -3.91. The molecule has 1 amide bonds. The number of nitrogens with zero attached hydrogens (tertiary/aromatic N) is 1. The largest absolute Gasteiger partial charge is 0.322 e. The Morgan fingerprint density at radius 3 is 2.17 bits per heavy atom. The van der Waals surface area contributed by atoms with Crippen molar-refractivity contribution in [2.75, 3.05) is 10.0 Å². The van der Waals surface area contributed by atoms with Gasteiger partial charge in [0, 0.05) is 28.6 Å². The predicted molar refractivity (Wildman–Crippen MR) is 109 cm³/mol. The van der Waals surface area contributed by atoms with Crippen LogP contribution in [0.3, 0.4) is 0 Å². The number of nitro groups is 1. The van der Waals surface area contributed by atoms with Gasteiger partial charge >= 0.3 is 0 Å². The summed E-state index contributed by atoms with van der Waals surface area (Å²) >= 11 is 0. The summed E-state index contributed by atoms with van der Waals surface area (Å²) in [4.78, 5) is 22.9. The minimum absolute atomic E-state index is 0.0589. The molecule has 0 saturated heterocycles. The first-order valence-electron chi connectivity index (χ1n) is 8.61. The second-order valence-corrected chi connectivity index (χ2v) is 7.98. The Kier molecular flexibility index (Phi) is 5.79. The van der Waals surface area contributed by atoms with Crippen LogP contribution in [0.5, 0.6) is 0 Å². The van der Waals surface area contributed by atoms with Gasteiger partial charge in [-0.3, -0.25) is 19.6 Å². The van der Waals surface area contributed by atoms with Crippen molar-refractivity contribution in [1.29, 1.82) is 0 Å². The average Bonchev–Trinajstić information content (AvgIpc) is 2.70. The molecular formula is C20H16FN3O5S. The van der Waals surface area contributed by atoms with Gasteiger partial charge in [0.25, 0.3) is 21.6 Å². The molecule has 154 valence electrons. The van der Waals surface area contributed by atoms with Gasteiger partial charge in [0.15, 0.2) is 0 Å². The molecule has 0 atom stereocenters. The summed E-state index contributed by atoms with van der Waals surface area (Å²) in [5.41, 5.74) is 0.707. The molecule has 0 aliphatic rings. The van der Waals surface area contributed by atoms with Gasteiger partial charge in [0.2, 0.25) is 0 Å². The fourth-order valence-corrected chi connectivity index (χ4v) is 3.77. The van der Waals surface area contributed by atoms with Crippen LogP contribution in [-0.4, -0.2) is 19.2 Å². The molecule has 8 nitrogen and oxygen atoms in total. The number of carbonyl (C=O) groups excluding carboxylic acids is 1. The van der Waals surface area contributed by atoms with Crippen LogP contribution >= 0.6 is 0 Å². The smallest absolute Gasteiger partial charge is 0.273 e. The van der Waals surface area contributed by atoms with Gasteiger partial charge in [0.05, 0.1) is 9.82 Å². The number of halogens is 1. The highest BCUT2D eigenvalue weighted by Crippen LogP contribution is 2.23. The Bertz CT molecular complexity index is 1210. The van der Waals surface area contributed by atoms with Gasteiger partial charge in [-0.1, -0.05) is 6.07 Å². The standard InChI is InChI=1S/C20H16FN3O5S/c1-13-18(3-2-4-19(13)24(26)27)20(25)22-15-9-11-17(12-10-15)30(28,29)23-16-7-5-14(21)6-8-16/h2-12,23H,1H3,(H,22,25). The zero-order valence-electron chi connectivity index (χ0n) is 15.6. The van der Waals surface area contributed by atoms with Crippen molar-refractivity contribution in [3.05, 3.63) is 93.8 Å². The van der Waals surface area contributed by atoms with Crippen LogP contribution in [0.25, 0.3) is 0 Å². The Hall–Kier alpha value is -3.79. The lowest BCUT2D eigenvalue weighted by molar-refractivity contribution is -0.385. The van der Waals surface area contributed by atoms with Crippen LogP contribution in [0.15, 0.2) is 71.6 Å². The SMILES string of the molecule is Cc1c(C(=O)Nc2ccc(S(=O)(=O)Nc3ccc(F)cc3)cc2)cccc1[N+](=O)[O-]. The third kappa shape index (κ3) is 4.61. The number of nitro benzene ring substituents is 1. The quantitative estimate of drug-likeness (QED) is 0.452. The molecule has 0 aliphatic carbocycles. The highest BCUT2D eigenvalue weighted by molar-refractivity contribution is 7.92. The van der Waals surface area contributed by atoms with Crippen LogP contribution in [0.1, 0.15) is 15.9 Å². The van der Waals surface area contributed by atoms with Crippen molar-refractivity contribution in [3.8, 4) is 0 Å². The molecule has 0 unspecified atom stereocenters. The van der Waals surface area contributed by atoms with Gasteiger partial charge in [-0.2, -0.15) is 0 Å². The summed E-state index contributed by atoms with van der Waals surface area (Å²) in [5.74, 6) is -1.05. The van der Waals surface area contributed by atoms with E-state index in [1.807, 2.05) is 0 Å². The van der Waals surface area contributed by atoms with Crippen molar-refractivity contribution < 1.29 is 22.5 Å². The van der Waals surface area contributed by atoms with Crippen LogP contribution in [-0.2, 0) is 10.0 Å². The molecule has 3 aromatic carbocycles. The monoisotopic (exact) mass is 429 g/mol. The molecule has 0 spiro atoms. The van der Waals surface area contributed by atoms with Gasteiger partial charge in [0.1, 0.15) is 5.82 Å². The molecular weight excluding hydrogens is 413 g/mol.